The molecule has 0 aromatic rings. The van der Waals surface area contributed by atoms with Crippen LogP contribution in [0.15, 0.2) is 11.6 Å². The molecule has 4 heteroatoms. The van der Waals surface area contributed by atoms with Gasteiger partial charge in [0.15, 0.2) is 0 Å². The lowest BCUT2D eigenvalue weighted by molar-refractivity contribution is -0.155. The number of hydrogen-bond donors (Lipinski definition) is 0. The minimum Gasteiger partial charge on any atom is -0.457 e. The summed E-state index contributed by atoms with van der Waals surface area (Å²) >= 11 is 0. The Morgan fingerprint density at radius 3 is 2.26 bits per heavy atom. The molecule has 0 aliphatic heterocycles. The van der Waals surface area contributed by atoms with Crippen LogP contribution in [0.3, 0.4) is 0 Å². The molecule has 0 aliphatic rings. The van der Waals surface area contributed by atoms with Crippen molar-refractivity contribution in [2.24, 2.45) is 5.92 Å². The maximum absolute atomic E-state index is 11.8. The summed E-state index contributed by atoms with van der Waals surface area (Å²) in [6.45, 7) is 11.6. The summed E-state index contributed by atoms with van der Waals surface area (Å²) in [5.74, 6) is -0.707. The molecule has 0 N–H and O–H groups in total. The van der Waals surface area contributed by atoms with Gasteiger partial charge in [0.25, 0.3) is 5.78 Å². The van der Waals surface area contributed by atoms with E-state index in [-0.39, 0.29) is 11.7 Å². The molecule has 0 aromatic carbocycles. The molecule has 0 saturated heterocycles. The SMILES string of the molecule is COC(C)(C)CCCC(C)CCC=C(C)C(=O)C(=O)OC(C)C. The Bertz CT molecular complexity index is 408. The second-order valence-electron chi connectivity index (χ2n) is 7.21. The van der Waals surface area contributed by atoms with E-state index in [1.807, 2.05) is 6.08 Å². The summed E-state index contributed by atoms with van der Waals surface area (Å²) in [6, 6.07) is 0. The van der Waals surface area contributed by atoms with Crippen LogP contribution in [0.25, 0.3) is 0 Å². The number of carbonyl (C=O) groups excluding carboxylic acids is 2. The van der Waals surface area contributed by atoms with Crippen molar-refractivity contribution in [3.05, 3.63) is 11.6 Å². The van der Waals surface area contributed by atoms with E-state index in [2.05, 4.69) is 20.8 Å². The zero-order chi connectivity index (χ0) is 18.0. The second-order valence-corrected chi connectivity index (χ2v) is 7.21. The molecule has 23 heavy (non-hydrogen) atoms. The van der Waals surface area contributed by atoms with Gasteiger partial charge >= 0.3 is 5.97 Å². The molecule has 0 spiro atoms. The van der Waals surface area contributed by atoms with Crippen LogP contribution in [0.1, 0.15) is 73.6 Å². The second kappa shape index (κ2) is 10.6. The molecule has 0 rings (SSSR count). The van der Waals surface area contributed by atoms with Crippen LogP contribution < -0.4 is 0 Å². The fourth-order valence-electron chi connectivity index (χ4n) is 2.23. The third kappa shape index (κ3) is 10.3. The molecule has 134 valence electrons. The summed E-state index contributed by atoms with van der Waals surface area (Å²) in [5, 5.41) is 0. The molecule has 0 radical (unpaired) electrons. The van der Waals surface area contributed by atoms with E-state index < -0.39 is 11.8 Å². The Kier molecular flexibility index (Phi) is 10.1. The van der Waals surface area contributed by atoms with Crippen LogP contribution in [0, 0.1) is 5.92 Å². The smallest absolute Gasteiger partial charge is 0.379 e. The predicted octanol–water partition coefficient (Wildman–Crippen LogP) is 4.47. The third-order valence-electron chi connectivity index (χ3n) is 4.02. The van der Waals surface area contributed by atoms with Gasteiger partial charge in [0, 0.05) is 12.7 Å². The van der Waals surface area contributed by atoms with Gasteiger partial charge in [-0.25, -0.2) is 4.79 Å². The Morgan fingerprint density at radius 1 is 1.13 bits per heavy atom. The number of ketones is 1. The maximum Gasteiger partial charge on any atom is 0.379 e. The van der Waals surface area contributed by atoms with Crippen molar-refractivity contribution < 1.29 is 19.1 Å². The van der Waals surface area contributed by atoms with Crippen LogP contribution in [0.2, 0.25) is 0 Å². The lowest BCUT2D eigenvalue weighted by atomic mass is 9.94. The van der Waals surface area contributed by atoms with Gasteiger partial charge in [-0.15, -0.1) is 0 Å². The number of carbonyl (C=O) groups is 2. The van der Waals surface area contributed by atoms with Crippen molar-refractivity contribution in [2.75, 3.05) is 7.11 Å². The van der Waals surface area contributed by atoms with Crippen LogP contribution in [-0.2, 0) is 19.1 Å². The van der Waals surface area contributed by atoms with Crippen LogP contribution in [0.4, 0.5) is 0 Å². The zero-order valence-corrected chi connectivity index (χ0v) is 15.9. The summed E-state index contributed by atoms with van der Waals surface area (Å²) in [5.41, 5.74) is 0.419. The first-order valence-corrected chi connectivity index (χ1v) is 8.56. The van der Waals surface area contributed by atoms with Crippen molar-refractivity contribution in [3.63, 3.8) is 0 Å². The minimum atomic E-state index is -0.761. The normalized spacial score (nSPS) is 14.0. The summed E-state index contributed by atoms with van der Waals surface area (Å²) in [6.07, 6.45) is 6.71. The highest BCUT2D eigenvalue weighted by molar-refractivity contribution is 6.40. The van der Waals surface area contributed by atoms with E-state index >= 15 is 0 Å². The molecule has 0 amide bonds. The molecule has 0 heterocycles. The molecular weight excluding hydrogens is 292 g/mol. The third-order valence-corrected chi connectivity index (χ3v) is 4.02. The Labute approximate surface area is 141 Å². The number of allylic oxidation sites excluding steroid dienone is 1. The van der Waals surface area contributed by atoms with Crippen LogP contribution >= 0.6 is 0 Å². The van der Waals surface area contributed by atoms with Gasteiger partial charge in [0.05, 0.1) is 11.7 Å². The molecule has 0 fully saturated rings. The summed E-state index contributed by atoms with van der Waals surface area (Å²) < 4.78 is 10.3. The van der Waals surface area contributed by atoms with E-state index in [0.29, 0.717) is 11.5 Å². The molecule has 4 nitrogen and oxygen atoms in total. The maximum atomic E-state index is 11.8. The first-order valence-electron chi connectivity index (χ1n) is 8.56. The highest BCUT2D eigenvalue weighted by Crippen LogP contribution is 2.21. The minimum absolute atomic E-state index is 0.0561. The lowest BCUT2D eigenvalue weighted by Crippen LogP contribution is -2.22. The zero-order valence-electron chi connectivity index (χ0n) is 15.9. The first kappa shape index (κ1) is 21.8. The van der Waals surface area contributed by atoms with Gasteiger partial charge in [0.2, 0.25) is 0 Å². The monoisotopic (exact) mass is 326 g/mol. The predicted molar refractivity (Wildman–Crippen MR) is 93.3 cm³/mol. The fraction of sp³-hybridized carbons (Fsp3) is 0.789. The van der Waals surface area contributed by atoms with Gasteiger partial charge in [-0.05, 0) is 59.8 Å². The molecule has 0 aromatic heterocycles. The van der Waals surface area contributed by atoms with E-state index in [0.717, 1.165) is 32.1 Å². The molecule has 0 bridgehead atoms. The van der Waals surface area contributed by atoms with Gasteiger partial charge < -0.3 is 9.47 Å². The summed E-state index contributed by atoms with van der Waals surface area (Å²) in [4.78, 5) is 23.3. The van der Waals surface area contributed by atoms with E-state index in [9.17, 15) is 9.59 Å². The number of methoxy groups -OCH3 is 1. The number of ether oxygens (including phenoxy) is 2. The van der Waals surface area contributed by atoms with Crippen molar-refractivity contribution in [1.29, 1.82) is 0 Å². The van der Waals surface area contributed by atoms with E-state index in [1.54, 1.807) is 27.9 Å². The molecule has 1 atom stereocenters. The average molecular weight is 326 g/mol. The number of esters is 1. The highest BCUT2D eigenvalue weighted by atomic mass is 16.5. The van der Waals surface area contributed by atoms with Crippen LogP contribution in [0.5, 0.6) is 0 Å². The fourth-order valence-corrected chi connectivity index (χ4v) is 2.23. The topological polar surface area (TPSA) is 52.6 Å². The lowest BCUT2D eigenvalue weighted by Gasteiger charge is -2.23. The van der Waals surface area contributed by atoms with Gasteiger partial charge in [0.1, 0.15) is 0 Å². The quantitative estimate of drug-likeness (QED) is 0.319. The number of rotatable bonds is 11. The van der Waals surface area contributed by atoms with E-state index in [1.165, 1.54) is 0 Å². The average Bonchev–Trinajstić information content (AvgIpc) is 2.45. The van der Waals surface area contributed by atoms with Gasteiger partial charge in [-0.1, -0.05) is 25.8 Å². The standard InChI is InChI=1S/C19H34O4/c1-14(2)23-18(21)17(20)16(4)12-8-10-15(3)11-9-13-19(5,6)22-7/h12,14-15H,8-11,13H2,1-7H3. The molecule has 0 saturated carbocycles. The van der Waals surface area contributed by atoms with E-state index in [4.69, 9.17) is 9.47 Å². The van der Waals surface area contributed by atoms with Crippen molar-refractivity contribution >= 4 is 11.8 Å². The largest absolute Gasteiger partial charge is 0.457 e. The number of Topliss-reactive ketones (excluding diaryl/α,β-unsaturated/α-hetero) is 1. The Morgan fingerprint density at radius 2 is 1.74 bits per heavy atom. The molecule has 1 unspecified atom stereocenters. The molecular formula is C19H34O4. The number of hydrogen-bond acceptors (Lipinski definition) is 4. The van der Waals surface area contributed by atoms with Gasteiger partial charge in [-0.3, -0.25) is 4.79 Å². The molecule has 0 aliphatic carbocycles. The first-order chi connectivity index (χ1) is 10.6. The highest BCUT2D eigenvalue weighted by Gasteiger charge is 2.18. The Hall–Kier alpha value is -1.16. The van der Waals surface area contributed by atoms with Gasteiger partial charge in [-0.2, -0.15) is 0 Å². The van der Waals surface area contributed by atoms with Crippen molar-refractivity contribution in [3.8, 4) is 0 Å². The Balaban J connectivity index is 4.11. The summed E-state index contributed by atoms with van der Waals surface area (Å²) in [7, 11) is 1.75. The van der Waals surface area contributed by atoms with Crippen molar-refractivity contribution in [1.82, 2.24) is 0 Å². The van der Waals surface area contributed by atoms with Crippen molar-refractivity contribution in [2.45, 2.75) is 85.4 Å². The van der Waals surface area contributed by atoms with Crippen LogP contribution in [-0.4, -0.2) is 30.6 Å².